The largest absolute Gasteiger partial charge is 0.393 e. The lowest BCUT2D eigenvalue weighted by Crippen LogP contribution is -2.71. The van der Waals surface area contributed by atoms with Crippen molar-refractivity contribution in [2.45, 2.75) is 119 Å². The van der Waals surface area contributed by atoms with E-state index in [1.54, 1.807) is 0 Å². The molecular formula is C30H50O3. The van der Waals surface area contributed by atoms with Crippen LogP contribution >= 0.6 is 0 Å². The molecule has 5 rings (SSSR count). The standard InChI is InChI=1S/C30H50O3/c1-17-9-12-28(6)23(33)16-30(8)25(24(28)18(17)2)19(31)15-21-27(5)13-11-22(32)26(3,4)20(27)10-14-29(21,30)7/h9,18-25,31-33H,10-16H2,1-8H3/t18-,19-,20+,21-,22+,23+,24-,25-,27+,28-,29-,30-/m1/s1. The smallest absolute Gasteiger partial charge is 0.0605 e. The lowest BCUT2D eigenvalue weighted by Gasteiger charge is -2.74. The van der Waals surface area contributed by atoms with Gasteiger partial charge in [0.1, 0.15) is 0 Å². The molecule has 0 amide bonds. The monoisotopic (exact) mass is 458 g/mol. The van der Waals surface area contributed by atoms with E-state index < -0.39 is 0 Å². The van der Waals surface area contributed by atoms with E-state index in [2.05, 4.69) is 61.5 Å². The van der Waals surface area contributed by atoms with Gasteiger partial charge in [-0.15, -0.1) is 0 Å². The van der Waals surface area contributed by atoms with Crippen LogP contribution in [0.15, 0.2) is 11.6 Å². The topological polar surface area (TPSA) is 60.7 Å². The van der Waals surface area contributed by atoms with E-state index >= 15 is 0 Å². The number of aliphatic hydroxyl groups is 3. The van der Waals surface area contributed by atoms with Crippen LogP contribution in [-0.2, 0) is 0 Å². The molecule has 0 aromatic rings. The molecule has 0 spiro atoms. The Morgan fingerprint density at radius 1 is 0.788 bits per heavy atom. The fraction of sp³-hybridized carbons (Fsp3) is 0.933. The van der Waals surface area contributed by atoms with Crippen LogP contribution < -0.4 is 0 Å². The third kappa shape index (κ3) is 2.80. The molecule has 0 saturated heterocycles. The Kier molecular flexibility index (Phi) is 5.23. The van der Waals surface area contributed by atoms with Gasteiger partial charge in [0.05, 0.1) is 18.3 Å². The van der Waals surface area contributed by atoms with Crippen molar-refractivity contribution < 1.29 is 15.3 Å². The first-order valence-electron chi connectivity index (χ1n) is 13.9. The van der Waals surface area contributed by atoms with Gasteiger partial charge in [-0.05, 0) is 103 Å². The second-order valence-corrected chi connectivity index (χ2v) is 14.9. The number of fused-ring (bicyclic) bond motifs is 7. The first-order valence-corrected chi connectivity index (χ1v) is 13.9. The molecule has 4 saturated carbocycles. The molecule has 5 aliphatic carbocycles. The zero-order chi connectivity index (χ0) is 24.4. The number of aliphatic hydroxyl groups excluding tert-OH is 3. The average Bonchev–Trinajstić information content (AvgIpc) is 2.72. The minimum Gasteiger partial charge on any atom is -0.393 e. The predicted molar refractivity (Wildman–Crippen MR) is 133 cm³/mol. The Morgan fingerprint density at radius 2 is 1.45 bits per heavy atom. The van der Waals surface area contributed by atoms with Crippen LogP contribution in [0.25, 0.3) is 0 Å². The van der Waals surface area contributed by atoms with Gasteiger partial charge < -0.3 is 15.3 Å². The van der Waals surface area contributed by atoms with Gasteiger partial charge in [-0.25, -0.2) is 0 Å². The van der Waals surface area contributed by atoms with Gasteiger partial charge in [0.25, 0.3) is 0 Å². The zero-order valence-corrected chi connectivity index (χ0v) is 22.5. The van der Waals surface area contributed by atoms with Crippen LogP contribution in [0.3, 0.4) is 0 Å². The fourth-order valence-electron chi connectivity index (χ4n) is 11.2. The maximum Gasteiger partial charge on any atom is 0.0605 e. The summed E-state index contributed by atoms with van der Waals surface area (Å²) >= 11 is 0. The second-order valence-electron chi connectivity index (χ2n) is 14.9. The Hall–Kier alpha value is -0.380. The van der Waals surface area contributed by atoms with E-state index in [9.17, 15) is 15.3 Å². The summed E-state index contributed by atoms with van der Waals surface area (Å²) in [7, 11) is 0. The molecule has 0 bridgehead atoms. The average molecular weight is 459 g/mol. The van der Waals surface area contributed by atoms with Gasteiger partial charge in [-0.2, -0.15) is 0 Å². The van der Waals surface area contributed by atoms with Crippen molar-refractivity contribution in [2.24, 2.45) is 56.7 Å². The van der Waals surface area contributed by atoms with E-state index in [1.165, 1.54) is 5.57 Å². The summed E-state index contributed by atoms with van der Waals surface area (Å²) in [5.74, 6) is 1.86. The maximum atomic E-state index is 12.0. The molecule has 0 unspecified atom stereocenters. The van der Waals surface area contributed by atoms with Crippen molar-refractivity contribution in [3.63, 3.8) is 0 Å². The Bertz CT molecular complexity index is 847. The highest BCUT2D eigenvalue weighted by Gasteiger charge is 2.72. The van der Waals surface area contributed by atoms with Crippen LogP contribution in [-0.4, -0.2) is 33.6 Å². The normalized spacial score (nSPS) is 60.0. The van der Waals surface area contributed by atoms with E-state index in [0.717, 1.165) is 44.9 Å². The van der Waals surface area contributed by atoms with Gasteiger partial charge >= 0.3 is 0 Å². The van der Waals surface area contributed by atoms with E-state index in [0.29, 0.717) is 23.7 Å². The molecule has 3 heteroatoms. The SMILES string of the molecule is CC1=CC[C@@]2(C)[C@@H]([C@H]3[C@H](O)C[C@@H]4[C@@]5(C)CC[C@H](O)C(C)(C)[C@@H]5CC[C@@]4(C)[C@]3(C)C[C@@H]2O)[C@@H]1C. The zero-order valence-electron chi connectivity index (χ0n) is 22.5. The number of hydrogen-bond donors (Lipinski definition) is 3. The first-order chi connectivity index (χ1) is 15.1. The fourth-order valence-corrected chi connectivity index (χ4v) is 11.2. The summed E-state index contributed by atoms with van der Waals surface area (Å²) < 4.78 is 0. The van der Waals surface area contributed by atoms with Crippen molar-refractivity contribution in [2.75, 3.05) is 0 Å². The molecule has 0 radical (unpaired) electrons. The summed E-state index contributed by atoms with van der Waals surface area (Å²) in [6.07, 6.45) is 8.32. The Balaban J connectivity index is 1.62. The molecular weight excluding hydrogens is 408 g/mol. The molecule has 3 nitrogen and oxygen atoms in total. The minimum absolute atomic E-state index is 0.0819. The molecule has 0 aromatic carbocycles. The van der Waals surface area contributed by atoms with Crippen molar-refractivity contribution in [3.05, 3.63) is 11.6 Å². The quantitative estimate of drug-likeness (QED) is 0.392. The minimum atomic E-state index is -0.325. The van der Waals surface area contributed by atoms with Crippen molar-refractivity contribution in [3.8, 4) is 0 Å². The predicted octanol–water partition coefficient (Wildman–Crippen LogP) is 5.97. The molecule has 188 valence electrons. The van der Waals surface area contributed by atoms with Crippen LogP contribution in [0.2, 0.25) is 0 Å². The summed E-state index contributed by atoms with van der Waals surface area (Å²) in [6.45, 7) is 18.9. The van der Waals surface area contributed by atoms with Gasteiger partial charge in [0.2, 0.25) is 0 Å². The van der Waals surface area contributed by atoms with Gasteiger partial charge in [0.15, 0.2) is 0 Å². The number of rotatable bonds is 0. The number of hydrogen-bond acceptors (Lipinski definition) is 3. The van der Waals surface area contributed by atoms with Crippen molar-refractivity contribution >= 4 is 0 Å². The number of allylic oxidation sites excluding steroid dienone is 2. The molecule has 4 fully saturated rings. The van der Waals surface area contributed by atoms with E-state index in [1.807, 2.05) is 0 Å². The third-order valence-electron chi connectivity index (χ3n) is 13.6. The summed E-state index contributed by atoms with van der Waals surface area (Å²) in [4.78, 5) is 0. The van der Waals surface area contributed by atoms with Crippen LogP contribution in [0.1, 0.15) is 100 Å². The third-order valence-corrected chi connectivity index (χ3v) is 13.6. The molecule has 0 aromatic heterocycles. The first kappa shape index (κ1) is 24.3. The van der Waals surface area contributed by atoms with Crippen molar-refractivity contribution in [1.82, 2.24) is 0 Å². The lowest BCUT2D eigenvalue weighted by atomic mass is 9.31. The molecule has 0 heterocycles. The molecule has 12 atom stereocenters. The maximum absolute atomic E-state index is 12.0. The van der Waals surface area contributed by atoms with Crippen LogP contribution in [0.4, 0.5) is 0 Å². The summed E-state index contributed by atoms with van der Waals surface area (Å²) in [5, 5.41) is 34.6. The molecule has 0 aliphatic heterocycles. The summed E-state index contributed by atoms with van der Waals surface area (Å²) in [6, 6.07) is 0. The highest BCUT2D eigenvalue weighted by Crippen LogP contribution is 2.76. The highest BCUT2D eigenvalue weighted by atomic mass is 16.3. The molecule has 33 heavy (non-hydrogen) atoms. The van der Waals surface area contributed by atoms with Crippen LogP contribution in [0, 0.1) is 56.7 Å². The second kappa shape index (κ2) is 7.10. The van der Waals surface area contributed by atoms with Crippen LogP contribution in [0.5, 0.6) is 0 Å². The van der Waals surface area contributed by atoms with Gasteiger partial charge in [-0.3, -0.25) is 0 Å². The lowest BCUT2D eigenvalue weighted by molar-refractivity contribution is -0.290. The molecule has 3 N–H and O–H groups in total. The Morgan fingerprint density at radius 3 is 2.12 bits per heavy atom. The van der Waals surface area contributed by atoms with E-state index in [-0.39, 0.29) is 51.3 Å². The summed E-state index contributed by atoms with van der Waals surface area (Å²) in [5.41, 5.74) is 1.35. The van der Waals surface area contributed by atoms with Gasteiger partial charge in [-0.1, -0.05) is 60.1 Å². The Labute approximate surface area is 202 Å². The molecule has 5 aliphatic rings. The van der Waals surface area contributed by atoms with Gasteiger partial charge in [0, 0.05) is 5.41 Å². The van der Waals surface area contributed by atoms with Crippen molar-refractivity contribution in [1.29, 1.82) is 0 Å². The van der Waals surface area contributed by atoms with E-state index in [4.69, 9.17) is 0 Å². The highest BCUT2D eigenvalue weighted by molar-refractivity contribution is 5.25.